The van der Waals surface area contributed by atoms with E-state index in [0.29, 0.717) is 11.0 Å². The third-order valence-electron chi connectivity index (χ3n) is 4.04. The Kier molecular flexibility index (Phi) is 4.42. The van der Waals surface area contributed by atoms with Gasteiger partial charge in [-0.05, 0) is 42.7 Å². The Balaban J connectivity index is 1.96. The maximum absolute atomic E-state index is 8.76. The molecule has 1 fully saturated rings. The topological polar surface area (TPSA) is 48.7 Å². The first-order chi connectivity index (χ1) is 9.13. The summed E-state index contributed by atoms with van der Waals surface area (Å²) in [5, 5.41) is 12.2. The van der Waals surface area contributed by atoms with Gasteiger partial charge in [-0.2, -0.15) is 5.26 Å². The summed E-state index contributed by atoms with van der Waals surface area (Å²) in [6, 6.07) is 5.81. The highest BCUT2D eigenvalue weighted by Gasteiger charge is 2.34. The SMILES string of the molecule is CC(C)CC1(CNc2ccc(C#N)cn2)CCCC1. The second-order valence-corrected chi connectivity index (χ2v) is 6.20. The maximum atomic E-state index is 8.76. The lowest BCUT2D eigenvalue weighted by atomic mass is 9.78. The Morgan fingerprint density at radius 1 is 1.37 bits per heavy atom. The minimum atomic E-state index is 0.448. The molecule has 1 heterocycles. The van der Waals surface area contributed by atoms with Gasteiger partial charge in [0.05, 0.1) is 5.56 Å². The zero-order valence-electron chi connectivity index (χ0n) is 11.9. The van der Waals surface area contributed by atoms with Gasteiger partial charge < -0.3 is 5.32 Å². The van der Waals surface area contributed by atoms with Crippen LogP contribution < -0.4 is 5.32 Å². The molecule has 1 saturated carbocycles. The van der Waals surface area contributed by atoms with E-state index in [-0.39, 0.29) is 0 Å². The lowest BCUT2D eigenvalue weighted by molar-refractivity contribution is 0.252. The van der Waals surface area contributed by atoms with Gasteiger partial charge in [0.2, 0.25) is 0 Å². The molecule has 19 heavy (non-hydrogen) atoms. The van der Waals surface area contributed by atoms with E-state index in [0.717, 1.165) is 18.3 Å². The van der Waals surface area contributed by atoms with E-state index < -0.39 is 0 Å². The number of nitrogens with one attached hydrogen (secondary N) is 1. The second-order valence-electron chi connectivity index (χ2n) is 6.20. The van der Waals surface area contributed by atoms with Crippen LogP contribution >= 0.6 is 0 Å². The van der Waals surface area contributed by atoms with Gasteiger partial charge in [0.15, 0.2) is 0 Å². The van der Waals surface area contributed by atoms with Crippen LogP contribution in [-0.4, -0.2) is 11.5 Å². The van der Waals surface area contributed by atoms with Gasteiger partial charge in [-0.1, -0.05) is 26.7 Å². The first-order valence-electron chi connectivity index (χ1n) is 7.24. The molecule has 0 aromatic carbocycles. The van der Waals surface area contributed by atoms with E-state index >= 15 is 0 Å². The molecule has 1 aliphatic carbocycles. The normalized spacial score (nSPS) is 17.4. The molecular formula is C16H23N3. The molecule has 1 N–H and O–H groups in total. The Morgan fingerprint density at radius 2 is 2.11 bits per heavy atom. The Morgan fingerprint density at radius 3 is 2.63 bits per heavy atom. The number of nitriles is 1. The number of aromatic nitrogens is 1. The fourth-order valence-corrected chi connectivity index (χ4v) is 3.29. The quantitative estimate of drug-likeness (QED) is 0.868. The van der Waals surface area contributed by atoms with Crippen molar-refractivity contribution in [2.24, 2.45) is 11.3 Å². The van der Waals surface area contributed by atoms with Gasteiger partial charge in [-0.25, -0.2) is 4.98 Å². The summed E-state index contributed by atoms with van der Waals surface area (Å²) in [6.45, 7) is 5.62. The van der Waals surface area contributed by atoms with Crippen molar-refractivity contribution >= 4 is 5.82 Å². The van der Waals surface area contributed by atoms with Crippen molar-refractivity contribution in [2.75, 3.05) is 11.9 Å². The molecule has 0 spiro atoms. The predicted octanol–water partition coefficient (Wildman–Crippen LogP) is 3.97. The summed E-state index contributed by atoms with van der Waals surface area (Å²) in [6.07, 6.45) is 8.29. The minimum absolute atomic E-state index is 0.448. The highest BCUT2D eigenvalue weighted by atomic mass is 15.0. The number of nitrogens with zero attached hydrogens (tertiary/aromatic N) is 2. The number of anilines is 1. The van der Waals surface area contributed by atoms with Crippen molar-refractivity contribution in [1.29, 1.82) is 5.26 Å². The predicted molar refractivity (Wildman–Crippen MR) is 77.8 cm³/mol. The lowest BCUT2D eigenvalue weighted by Gasteiger charge is -2.31. The highest BCUT2D eigenvalue weighted by molar-refractivity contribution is 5.39. The van der Waals surface area contributed by atoms with Gasteiger partial charge in [0.25, 0.3) is 0 Å². The summed E-state index contributed by atoms with van der Waals surface area (Å²) in [5.41, 5.74) is 1.06. The van der Waals surface area contributed by atoms with Gasteiger partial charge in [-0.3, -0.25) is 0 Å². The van der Waals surface area contributed by atoms with Crippen LogP contribution in [-0.2, 0) is 0 Å². The fraction of sp³-hybridized carbons (Fsp3) is 0.625. The molecular weight excluding hydrogens is 234 g/mol. The lowest BCUT2D eigenvalue weighted by Crippen LogP contribution is -2.28. The van der Waals surface area contributed by atoms with Crippen LogP contribution in [0.15, 0.2) is 18.3 Å². The van der Waals surface area contributed by atoms with Crippen molar-refractivity contribution in [3.63, 3.8) is 0 Å². The fourth-order valence-electron chi connectivity index (χ4n) is 3.29. The molecule has 1 aromatic rings. The Bertz CT molecular complexity index is 436. The largest absolute Gasteiger partial charge is 0.370 e. The number of rotatable bonds is 5. The van der Waals surface area contributed by atoms with Gasteiger partial charge in [0.1, 0.15) is 11.9 Å². The second kappa shape index (κ2) is 6.06. The maximum Gasteiger partial charge on any atom is 0.125 e. The van der Waals surface area contributed by atoms with Crippen LogP contribution in [0.1, 0.15) is 51.5 Å². The molecule has 0 amide bonds. The standard InChI is InChI=1S/C16H23N3/c1-13(2)9-16(7-3-4-8-16)12-19-15-6-5-14(10-17)11-18-15/h5-6,11,13H,3-4,7-9,12H2,1-2H3,(H,18,19). The molecule has 3 heteroatoms. The van der Waals surface area contributed by atoms with Crippen molar-refractivity contribution in [3.05, 3.63) is 23.9 Å². The molecule has 1 aromatic heterocycles. The van der Waals surface area contributed by atoms with Crippen LogP contribution in [0.4, 0.5) is 5.82 Å². The zero-order valence-corrected chi connectivity index (χ0v) is 11.9. The molecule has 0 unspecified atom stereocenters. The van der Waals surface area contributed by atoms with Crippen LogP contribution in [0.25, 0.3) is 0 Å². The summed E-state index contributed by atoms with van der Waals surface area (Å²) in [5.74, 6) is 1.63. The van der Waals surface area contributed by atoms with Gasteiger partial charge in [-0.15, -0.1) is 0 Å². The summed E-state index contributed by atoms with van der Waals surface area (Å²) >= 11 is 0. The van der Waals surface area contributed by atoms with Gasteiger partial charge in [0, 0.05) is 12.7 Å². The summed E-state index contributed by atoms with van der Waals surface area (Å²) in [4.78, 5) is 4.29. The molecule has 0 saturated heterocycles. The summed E-state index contributed by atoms with van der Waals surface area (Å²) in [7, 11) is 0. The third kappa shape index (κ3) is 3.70. The highest BCUT2D eigenvalue weighted by Crippen LogP contribution is 2.43. The molecule has 0 bridgehead atoms. The smallest absolute Gasteiger partial charge is 0.125 e. The average molecular weight is 257 g/mol. The third-order valence-corrected chi connectivity index (χ3v) is 4.04. The number of pyridine rings is 1. The molecule has 0 aliphatic heterocycles. The monoisotopic (exact) mass is 257 g/mol. The Hall–Kier alpha value is -1.56. The van der Waals surface area contributed by atoms with Crippen molar-refractivity contribution < 1.29 is 0 Å². The van der Waals surface area contributed by atoms with Crippen molar-refractivity contribution in [3.8, 4) is 6.07 Å². The average Bonchev–Trinajstić information content (AvgIpc) is 2.85. The molecule has 0 radical (unpaired) electrons. The van der Waals surface area contributed by atoms with Crippen molar-refractivity contribution in [1.82, 2.24) is 4.98 Å². The first kappa shape index (κ1) is 13.9. The van der Waals surface area contributed by atoms with E-state index in [2.05, 4.69) is 30.2 Å². The zero-order chi connectivity index (χ0) is 13.7. The molecule has 1 aliphatic rings. The van der Waals surface area contributed by atoms with E-state index in [1.54, 1.807) is 6.20 Å². The van der Waals surface area contributed by atoms with E-state index in [9.17, 15) is 0 Å². The molecule has 102 valence electrons. The molecule has 0 atom stereocenters. The minimum Gasteiger partial charge on any atom is -0.370 e. The number of hydrogen-bond acceptors (Lipinski definition) is 3. The number of hydrogen-bond donors (Lipinski definition) is 1. The van der Waals surface area contributed by atoms with E-state index in [1.165, 1.54) is 32.1 Å². The molecule has 2 rings (SSSR count). The summed E-state index contributed by atoms with van der Waals surface area (Å²) < 4.78 is 0. The van der Waals surface area contributed by atoms with Crippen molar-refractivity contribution in [2.45, 2.75) is 46.0 Å². The van der Waals surface area contributed by atoms with E-state index in [4.69, 9.17) is 5.26 Å². The Labute approximate surface area is 116 Å². The van der Waals surface area contributed by atoms with Gasteiger partial charge >= 0.3 is 0 Å². The first-order valence-corrected chi connectivity index (χ1v) is 7.24. The molecule has 3 nitrogen and oxygen atoms in total. The van der Waals surface area contributed by atoms with Crippen LogP contribution in [0.2, 0.25) is 0 Å². The van der Waals surface area contributed by atoms with E-state index in [1.807, 2.05) is 12.1 Å². The van der Waals surface area contributed by atoms with Crippen LogP contribution in [0.3, 0.4) is 0 Å². The van der Waals surface area contributed by atoms with Crippen LogP contribution in [0, 0.1) is 22.7 Å². The van der Waals surface area contributed by atoms with Crippen LogP contribution in [0.5, 0.6) is 0 Å².